The van der Waals surface area contributed by atoms with Crippen LogP contribution in [0.5, 0.6) is 0 Å². The normalized spacial score (nSPS) is 18.0. The molecule has 1 fully saturated rings. The lowest BCUT2D eigenvalue weighted by atomic mass is 9.82. The van der Waals surface area contributed by atoms with Crippen LogP contribution in [-0.4, -0.2) is 56.4 Å². The first-order chi connectivity index (χ1) is 18.5. The molecular formula is C28H46N4O6S. The van der Waals surface area contributed by atoms with Crippen LogP contribution in [0.3, 0.4) is 0 Å². The number of rotatable bonds is 16. The maximum atomic E-state index is 13.7. The van der Waals surface area contributed by atoms with Crippen LogP contribution in [-0.2, 0) is 29.2 Å². The first-order valence-corrected chi connectivity index (χ1v) is 15.4. The molecule has 0 spiro atoms. The highest BCUT2D eigenvalue weighted by Gasteiger charge is 2.36. The van der Waals surface area contributed by atoms with Gasteiger partial charge in [0.25, 0.3) is 0 Å². The third-order valence-electron chi connectivity index (χ3n) is 6.29. The lowest BCUT2D eigenvalue weighted by molar-refractivity contribution is -0.203. The van der Waals surface area contributed by atoms with Crippen molar-refractivity contribution < 1.29 is 27.6 Å². The molecule has 39 heavy (non-hydrogen) atoms. The van der Waals surface area contributed by atoms with Crippen molar-refractivity contribution in [1.29, 1.82) is 0 Å². The second kappa shape index (κ2) is 16.7. The van der Waals surface area contributed by atoms with Crippen molar-refractivity contribution in [2.45, 2.75) is 66.1 Å². The fourth-order valence-electron chi connectivity index (χ4n) is 4.36. The number of amides is 2. The number of allylic oxidation sites excluding steroid dienone is 1. The molecule has 1 aliphatic rings. The fourth-order valence-corrected chi connectivity index (χ4v) is 5.63. The van der Waals surface area contributed by atoms with E-state index in [1.54, 1.807) is 0 Å². The molecule has 4 N–H and O–H groups in total. The number of benzene rings is 1. The number of ether oxygens (including phenoxy) is 1. The molecule has 220 valence electrons. The Bertz CT molecular complexity index is 1010. The number of hydroxylamine groups is 1. The summed E-state index contributed by atoms with van der Waals surface area (Å²) < 4.78 is 32.3. The van der Waals surface area contributed by atoms with Gasteiger partial charge in [-0.05, 0) is 43.1 Å². The van der Waals surface area contributed by atoms with Crippen molar-refractivity contribution in [3.8, 4) is 0 Å². The van der Waals surface area contributed by atoms with Gasteiger partial charge < -0.3 is 10.5 Å². The highest BCUT2D eigenvalue weighted by atomic mass is 32.2. The van der Waals surface area contributed by atoms with Gasteiger partial charge in [-0.15, -0.1) is 4.41 Å². The third-order valence-corrected chi connectivity index (χ3v) is 7.95. The largest absolute Gasteiger partial charge is 0.350 e. The van der Waals surface area contributed by atoms with Crippen LogP contribution in [0.1, 0.15) is 65.4 Å². The Labute approximate surface area is 233 Å². The summed E-state index contributed by atoms with van der Waals surface area (Å²) in [4.78, 5) is 32.7. The van der Waals surface area contributed by atoms with E-state index in [2.05, 4.69) is 10.9 Å². The standard InChI is InChI=1S/C28H46N4O6S/c1-21(2)19-25(27(33)30-32(20-22(3)4)39(35,36)18-16-29)24(14-10-13-23-11-6-5-7-12-23)28(34)31-38-26-15-8-9-17-37-26/h5-7,10-13,21-22,24-26H,8-9,14-20,29H2,1-4H3,(H,30,33)(H,31,34)/b13-10+/t24-,25+,26?/m0/s1. The van der Waals surface area contributed by atoms with Gasteiger partial charge in [-0.1, -0.05) is 70.2 Å². The minimum Gasteiger partial charge on any atom is -0.350 e. The summed E-state index contributed by atoms with van der Waals surface area (Å²) in [5.74, 6) is -2.89. The van der Waals surface area contributed by atoms with Gasteiger partial charge in [0.15, 0.2) is 6.29 Å². The van der Waals surface area contributed by atoms with Crippen molar-refractivity contribution in [2.24, 2.45) is 29.4 Å². The van der Waals surface area contributed by atoms with Crippen LogP contribution in [0, 0.1) is 23.7 Å². The number of hydrogen-bond acceptors (Lipinski definition) is 7. The third kappa shape index (κ3) is 11.8. The summed E-state index contributed by atoms with van der Waals surface area (Å²) >= 11 is 0. The van der Waals surface area contributed by atoms with Crippen molar-refractivity contribution in [1.82, 2.24) is 15.3 Å². The molecule has 0 aliphatic carbocycles. The number of carbonyl (C=O) groups excluding carboxylic acids is 2. The minimum absolute atomic E-state index is 0.0433. The van der Waals surface area contributed by atoms with E-state index in [0.29, 0.717) is 19.4 Å². The number of hydrogen-bond donors (Lipinski definition) is 3. The minimum atomic E-state index is -3.83. The van der Waals surface area contributed by atoms with Gasteiger partial charge in [-0.25, -0.2) is 18.7 Å². The van der Waals surface area contributed by atoms with Gasteiger partial charge in [-0.2, -0.15) is 0 Å². The van der Waals surface area contributed by atoms with Gasteiger partial charge in [-0.3, -0.25) is 15.0 Å². The molecule has 11 heteroatoms. The molecular weight excluding hydrogens is 520 g/mol. The van der Waals surface area contributed by atoms with E-state index in [1.807, 2.05) is 70.2 Å². The number of hydrazine groups is 1. The van der Waals surface area contributed by atoms with E-state index in [9.17, 15) is 18.0 Å². The number of carbonyl (C=O) groups is 2. The zero-order valence-electron chi connectivity index (χ0n) is 23.7. The van der Waals surface area contributed by atoms with E-state index in [4.69, 9.17) is 15.3 Å². The van der Waals surface area contributed by atoms with Crippen molar-refractivity contribution in [3.63, 3.8) is 0 Å². The lowest BCUT2D eigenvalue weighted by Crippen LogP contribution is -2.53. The first-order valence-electron chi connectivity index (χ1n) is 13.8. The van der Waals surface area contributed by atoms with E-state index in [0.717, 1.165) is 22.8 Å². The number of nitrogens with two attached hydrogens (primary N) is 1. The number of nitrogens with one attached hydrogen (secondary N) is 2. The fraction of sp³-hybridized carbons (Fsp3) is 0.643. The summed E-state index contributed by atoms with van der Waals surface area (Å²) in [6, 6.07) is 9.64. The van der Waals surface area contributed by atoms with E-state index in [-0.39, 0.29) is 37.1 Å². The number of nitrogens with zero attached hydrogens (tertiary/aromatic N) is 1. The quantitative estimate of drug-likeness (QED) is 0.261. The Morgan fingerprint density at radius 2 is 1.82 bits per heavy atom. The molecule has 2 rings (SSSR count). The average molecular weight is 567 g/mol. The molecule has 2 amide bonds. The van der Waals surface area contributed by atoms with Crippen molar-refractivity contribution in [2.75, 3.05) is 25.4 Å². The second-order valence-electron chi connectivity index (χ2n) is 10.8. The molecule has 0 radical (unpaired) electrons. The highest BCUT2D eigenvalue weighted by Crippen LogP contribution is 2.26. The number of sulfonamides is 1. The molecule has 1 aromatic rings. The van der Waals surface area contributed by atoms with Crippen LogP contribution in [0.25, 0.3) is 6.08 Å². The molecule has 10 nitrogen and oxygen atoms in total. The van der Waals surface area contributed by atoms with Crippen LogP contribution in [0.2, 0.25) is 0 Å². The van der Waals surface area contributed by atoms with Crippen LogP contribution < -0.4 is 16.6 Å². The molecule has 1 saturated heterocycles. The maximum absolute atomic E-state index is 13.7. The summed E-state index contributed by atoms with van der Waals surface area (Å²) in [5.41, 5.74) is 11.6. The Hall–Kier alpha value is -2.31. The zero-order valence-corrected chi connectivity index (χ0v) is 24.5. The maximum Gasteiger partial charge on any atom is 0.247 e. The summed E-state index contributed by atoms with van der Waals surface area (Å²) in [7, 11) is -3.83. The van der Waals surface area contributed by atoms with Gasteiger partial charge in [0, 0.05) is 26.1 Å². The topological polar surface area (TPSA) is 140 Å². The summed E-state index contributed by atoms with van der Waals surface area (Å²) in [6.07, 6.45) is 6.38. The highest BCUT2D eigenvalue weighted by molar-refractivity contribution is 7.89. The predicted molar refractivity (Wildman–Crippen MR) is 152 cm³/mol. The first kappa shape index (κ1) is 32.9. The lowest BCUT2D eigenvalue weighted by Gasteiger charge is -2.31. The Morgan fingerprint density at radius 3 is 2.41 bits per heavy atom. The Kier molecular flexibility index (Phi) is 14.1. The second-order valence-corrected chi connectivity index (χ2v) is 12.8. The van der Waals surface area contributed by atoms with Gasteiger partial charge in [0.2, 0.25) is 21.8 Å². The van der Waals surface area contributed by atoms with Gasteiger partial charge in [0.1, 0.15) is 0 Å². The van der Waals surface area contributed by atoms with Crippen LogP contribution in [0.4, 0.5) is 0 Å². The monoisotopic (exact) mass is 566 g/mol. The summed E-state index contributed by atoms with van der Waals surface area (Å²) in [6.45, 7) is 8.21. The van der Waals surface area contributed by atoms with Crippen molar-refractivity contribution in [3.05, 3.63) is 42.0 Å². The van der Waals surface area contributed by atoms with Crippen LogP contribution in [0.15, 0.2) is 36.4 Å². The Morgan fingerprint density at radius 1 is 1.10 bits per heavy atom. The van der Waals surface area contributed by atoms with Crippen molar-refractivity contribution >= 4 is 27.9 Å². The molecule has 1 aliphatic heterocycles. The smallest absolute Gasteiger partial charge is 0.247 e. The molecule has 0 aromatic heterocycles. The van der Waals surface area contributed by atoms with E-state index < -0.39 is 40.0 Å². The molecule has 0 saturated carbocycles. The average Bonchev–Trinajstić information content (AvgIpc) is 2.89. The molecule has 3 atom stereocenters. The van der Waals surface area contributed by atoms with E-state index >= 15 is 0 Å². The predicted octanol–water partition coefficient (Wildman–Crippen LogP) is 3.22. The molecule has 1 heterocycles. The Balaban J connectivity index is 2.31. The molecule has 1 aromatic carbocycles. The molecule has 1 unspecified atom stereocenters. The van der Waals surface area contributed by atoms with Crippen LogP contribution >= 0.6 is 0 Å². The summed E-state index contributed by atoms with van der Waals surface area (Å²) in [5, 5.41) is 0. The SMILES string of the molecule is CC(C)C[C@@H](C(=O)NN(CC(C)C)S(=O)(=O)CCN)[C@H](C/C=C/c1ccccc1)C(=O)NOC1CCCCO1. The zero-order chi connectivity index (χ0) is 28.8. The van der Waals surface area contributed by atoms with Gasteiger partial charge >= 0.3 is 0 Å². The van der Waals surface area contributed by atoms with Gasteiger partial charge in [0.05, 0.1) is 17.6 Å². The molecule has 0 bridgehead atoms. The van der Waals surface area contributed by atoms with E-state index in [1.165, 1.54) is 0 Å².